The first-order valence-electron chi connectivity index (χ1n) is 7.98. The second-order valence-electron chi connectivity index (χ2n) is 6.33. The minimum absolute atomic E-state index is 0.140. The molecule has 1 amide bonds. The van der Waals surface area contributed by atoms with Gasteiger partial charge in [-0.25, -0.2) is 0 Å². The number of hydrogen-bond donors (Lipinski definition) is 0. The minimum Gasteiger partial charge on any atom is -0.336 e. The Labute approximate surface area is 134 Å². The fourth-order valence-electron chi connectivity index (χ4n) is 3.65. The van der Waals surface area contributed by atoms with Crippen molar-refractivity contribution in [1.29, 1.82) is 0 Å². The maximum Gasteiger partial charge on any atom is 0.255 e. The SMILES string of the molecule is O=C(c1ccc2nncn2c1)N1CCSC2(CCCCC2)C1. The Morgan fingerprint density at radius 1 is 1.23 bits per heavy atom. The summed E-state index contributed by atoms with van der Waals surface area (Å²) in [5.41, 5.74) is 1.50. The lowest BCUT2D eigenvalue weighted by atomic mass is 9.87. The molecule has 22 heavy (non-hydrogen) atoms. The van der Waals surface area contributed by atoms with Crippen LogP contribution in [0.3, 0.4) is 0 Å². The molecule has 116 valence electrons. The molecule has 0 N–H and O–H groups in total. The summed E-state index contributed by atoms with van der Waals surface area (Å²) in [7, 11) is 0. The topological polar surface area (TPSA) is 50.5 Å². The lowest BCUT2D eigenvalue weighted by Crippen LogP contribution is -2.49. The fraction of sp³-hybridized carbons (Fsp3) is 0.562. The van der Waals surface area contributed by atoms with Gasteiger partial charge in [0.15, 0.2) is 5.65 Å². The molecule has 1 aliphatic heterocycles. The van der Waals surface area contributed by atoms with Crippen molar-refractivity contribution in [3.8, 4) is 0 Å². The normalized spacial score (nSPS) is 21.4. The third-order valence-electron chi connectivity index (χ3n) is 4.84. The highest BCUT2D eigenvalue weighted by molar-refractivity contribution is 8.00. The number of carbonyl (C=O) groups is 1. The summed E-state index contributed by atoms with van der Waals surface area (Å²) < 4.78 is 2.12. The van der Waals surface area contributed by atoms with E-state index in [1.54, 1.807) is 6.33 Å². The molecule has 1 saturated heterocycles. The van der Waals surface area contributed by atoms with Crippen LogP contribution in [0.25, 0.3) is 5.65 Å². The highest BCUT2D eigenvalue weighted by atomic mass is 32.2. The number of fused-ring (bicyclic) bond motifs is 1. The number of rotatable bonds is 1. The predicted octanol–water partition coefficient (Wildman–Crippen LogP) is 2.62. The monoisotopic (exact) mass is 316 g/mol. The van der Waals surface area contributed by atoms with Gasteiger partial charge in [0.2, 0.25) is 0 Å². The molecule has 1 aliphatic carbocycles. The van der Waals surface area contributed by atoms with Gasteiger partial charge in [-0.3, -0.25) is 9.20 Å². The van der Waals surface area contributed by atoms with E-state index in [-0.39, 0.29) is 5.91 Å². The van der Waals surface area contributed by atoms with Gasteiger partial charge in [0.25, 0.3) is 5.91 Å². The highest BCUT2D eigenvalue weighted by Crippen LogP contribution is 2.42. The van der Waals surface area contributed by atoms with Crippen molar-refractivity contribution in [3.63, 3.8) is 0 Å². The Balaban J connectivity index is 1.56. The van der Waals surface area contributed by atoms with E-state index < -0.39 is 0 Å². The number of carbonyl (C=O) groups excluding carboxylic acids is 1. The van der Waals surface area contributed by atoms with Crippen LogP contribution in [0, 0.1) is 0 Å². The summed E-state index contributed by atoms with van der Waals surface area (Å²) in [4.78, 5) is 14.9. The van der Waals surface area contributed by atoms with E-state index in [1.807, 2.05) is 27.6 Å². The first-order chi connectivity index (χ1) is 10.8. The Hall–Kier alpha value is -1.56. The molecular formula is C16H20N4OS. The molecule has 4 rings (SSSR count). The fourth-order valence-corrected chi connectivity index (χ4v) is 5.22. The van der Waals surface area contributed by atoms with Crippen LogP contribution < -0.4 is 0 Å². The van der Waals surface area contributed by atoms with Crippen LogP contribution in [-0.4, -0.2) is 49.0 Å². The van der Waals surface area contributed by atoms with Gasteiger partial charge in [-0.05, 0) is 25.0 Å². The third kappa shape index (κ3) is 2.49. The van der Waals surface area contributed by atoms with Crippen LogP contribution in [-0.2, 0) is 0 Å². The van der Waals surface area contributed by atoms with E-state index in [9.17, 15) is 4.79 Å². The lowest BCUT2D eigenvalue weighted by Gasteiger charge is -2.44. The molecule has 0 atom stereocenters. The van der Waals surface area contributed by atoms with Gasteiger partial charge in [-0.2, -0.15) is 11.8 Å². The summed E-state index contributed by atoms with van der Waals surface area (Å²) in [6, 6.07) is 3.72. The molecule has 2 fully saturated rings. The summed E-state index contributed by atoms with van der Waals surface area (Å²) in [6.07, 6.45) is 9.95. The van der Waals surface area contributed by atoms with E-state index >= 15 is 0 Å². The van der Waals surface area contributed by atoms with Crippen molar-refractivity contribution in [2.24, 2.45) is 0 Å². The van der Waals surface area contributed by atoms with Crippen LogP contribution in [0.15, 0.2) is 24.7 Å². The molecule has 0 radical (unpaired) electrons. The van der Waals surface area contributed by atoms with Gasteiger partial charge in [-0.1, -0.05) is 19.3 Å². The van der Waals surface area contributed by atoms with E-state index in [1.165, 1.54) is 32.1 Å². The lowest BCUT2D eigenvalue weighted by molar-refractivity contribution is 0.0729. The van der Waals surface area contributed by atoms with Crippen LogP contribution in [0.5, 0.6) is 0 Å². The Kier molecular flexibility index (Phi) is 3.56. The van der Waals surface area contributed by atoms with E-state index in [0.29, 0.717) is 4.75 Å². The van der Waals surface area contributed by atoms with Crippen molar-refractivity contribution < 1.29 is 4.79 Å². The summed E-state index contributed by atoms with van der Waals surface area (Å²) >= 11 is 2.09. The average Bonchev–Trinajstić information content (AvgIpc) is 3.02. The number of amides is 1. The Morgan fingerprint density at radius 2 is 2.09 bits per heavy atom. The van der Waals surface area contributed by atoms with Crippen molar-refractivity contribution in [2.75, 3.05) is 18.8 Å². The van der Waals surface area contributed by atoms with Gasteiger partial charge in [0.05, 0.1) is 5.56 Å². The molecule has 0 aromatic carbocycles. The van der Waals surface area contributed by atoms with Crippen LogP contribution in [0.2, 0.25) is 0 Å². The second-order valence-corrected chi connectivity index (χ2v) is 7.90. The molecule has 0 bridgehead atoms. The number of aromatic nitrogens is 3. The zero-order chi connectivity index (χ0) is 15.0. The maximum atomic E-state index is 12.9. The molecule has 2 aromatic heterocycles. The van der Waals surface area contributed by atoms with Crippen LogP contribution >= 0.6 is 11.8 Å². The number of nitrogens with zero attached hydrogens (tertiary/aromatic N) is 4. The molecule has 1 spiro atoms. The first kappa shape index (κ1) is 14.1. The van der Waals surface area contributed by atoms with Crippen molar-refractivity contribution in [3.05, 3.63) is 30.2 Å². The van der Waals surface area contributed by atoms with Crippen molar-refractivity contribution >= 4 is 23.3 Å². The number of hydrogen-bond acceptors (Lipinski definition) is 4. The van der Waals surface area contributed by atoms with Gasteiger partial charge in [0, 0.05) is 29.8 Å². The predicted molar refractivity (Wildman–Crippen MR) is 87.2 cm³/mol. The number of pyridine rings is 1. The molecule has 0 unspecified atom stereocenters. The van der Waals surface area contributed by atoms with Crippen LogP contribution in [0.1, 0.15) is 42.5 Å². The van der Waals surface area contributed by atoms with E-state index in [0.717, 1.165) is 30.1 Å². The zero-order valence-electron chi connectivity index (χ0n) is 12.6. The second kappa shape index (κ2) is 5.57. The van der Waals surface area contributed by atoms with E-state index in [2.05, 4.69) is 22.0 Å². The maximum absolute atomic E-state index is 12.9. The van der Waals surface area contributed by atoms with Gasteiger partial charge in [-0.15, -0.1) is 10.2 Å². The molecule has 6 heteroatoms. The average molecular weight is 316 g/mol. The quantitative estimate of drug-likeness (QED) is 0.811. The van der Waals surface area contributed by atoms with Crippen molar-refractivity contribution in [1.82, 2.24) is 19.5 Å². The first-order valence-corrected chi connectivity index (χ1v) is 8.97. The third-order valence-corrected chi connectivity index (χ3v) is 6.37. The molecule has 1 saturated carbocycles. The molecule has 2 aliphatic rings. The van der Waals surface area contributed by atoms with Crippen LogP contribution in [0.4, 0.5) is 0 Å². The summed E-state index contributed by atoms with van der Waals surface area (Å²) in [6.45, 7) is 1.75. The largest absolute Gasteiger partial charge is 0.336 e. The van der Waals surface area contributed by atoms with Gasteiger partial charge >= 0.3 is 0 Å². The Morgan fingerprint density at radius 3 is 2.95 bits per heavy atom. The molecule has 5 nitrogen and oxygen atoms in total. The Bertz CT molecular complexity index is 687. The number of thioether (sulfide) groups is 1. The standard InChI is InChI=1S/C16H20N4OS/c21-15(13-4-5-14-18-17-12-20(14)10-13)19-8-9-22-16(11-19)6-2-1-3-7-16/h4-5,10,12H,1-3,6-9,11H2. The van der Waals surface area contributed by atoms with Crippen molar-refractivity contribution in [2.45, 2.75) is 36.9 Å². The highest BCUT2D eigenvalue weighted by Gasteiger charge is 2.38. The zero-order valence-corrected chi connectivity index (χ0v) is 13.4. The van der Waals surface area contributed by atoms with E-state index in [4.69, 9.17) is 0 Å². The molecule has 3 heterocycles. The minimum atomic E-state index is 0.140. The molecule has 2 aromatic rings. The summed E-state index contributed by atoms with van der Waals surface area (Å²) in [5, 5.41) is 7.85. The van der Waals surface area contributed by atoms with Gasteiger partial charge < -0.3 is 4.90 Å². The smallest absolute Gasteiger partial charge is 0.255 e. The molecular weight excluding hydrogens is 296 g/mol. The summed E-state index contributed by atoms with van der Waals surface area (Å²) in [5.74, 6) is 1.20. The van der Waals surface area contributed by atoms with Gasteiger partial charge in [0.1, 0.15) is 6.33 Å².